The standard InChI is InChI=1S/C16H31N3O4S/c1-13(2)5-7-17-15(20)18-8-6-16(12-23-3)11-19(24(4,21)22)10-14(16)9-18/h13-14H,5-12H2,1-4H3,(H,17,20)/t14-,16+/m1/s1. The lowest BCUT2D eigenvalue weighted by Gasteiger charge is -2.43. The largest absolute Gasteiger partial charge is 0.384 e. The maximum absolute atomic E-state index is 12.4. The van der Waals surface area contributed by atoms with E-state index in [1.165, 1.54) is 10.6 Å². The molecule has 8 heteroatoms. The molecule has 140 valence electrons. The van der Waals surface area contributed by atoms with E-state index in [-0.39, 0.29) is 17.4 Å². The van der Waals surface area contributed by atoms with E-state index in [2.05, 4.69) is 19.2 Å². The number of fused-ring (bicyclic) bond motifs is 1. The minimum Gasteiger partial charge on any atom is -0.384 e. The van der Waals surface area contributed by atoms with Crippen LogP contribution in [0.2, 0.25) is 0 Å². The average molecular weight is 362 g/mol. The quantitative estimate of drug-likeness (QED) is 0.765. The molecule has 2 aliphatic heterocycles. The number of sulfonamides is 1. The van der Waals surface area contributed by atoms with Gasteiger partial charge in [0.1, 0.15) is 0 Å². The van der Waals surface area contributed by atoms with Crippen LogP contribution in [0.25, 0.3) is 0 Å². The first kappa shape index (κ1) is 19.5. The fourth-order valence-electron chi connectivity index (χ4n) is 3.77. The molecule has 2 saturated heterocycles. The van der Waals surface area contributed by atoms with Crippen LogP contribution >= 0.6 is 0 Å². The van der Waals surface area contributed by atoms with Gasteiger partial charge in [-0.3, -0.25) is 0 Å². The summed E-state index contributed by atoms with van der Waals surface area (Å²) in [5, 5.41) is 2.97. The van der Waals surface area contributed by atoms with Gasteiger partial charge in [0, 0.05) is 45.2 Å². The number of likely N-dealkylation sites (tertiary alicyclic amines) is 1. The number of carbonyl (C=O) groups excluding carboxylic acids is 1. The predicted molar refractivity (Wildman–Crippen MR) is 93.3 cm³/mol. The topological polar surface area (TPSA) is 79.0 Å². The van der Waals surface area contributed by atoms with Crippen molar-refractivity contribution in [1.82, 2.24) is 14.5 Å². The second-order valence-electron chi connectivity index (χ2n) is 7.66. The van der Waals surface area contributed by atoms with E-state index in [1.807, 2.05) is 4.90 Å². The Morgan fingerprint density at radius 2 is 2.08 bits per heavy atom. The van der Waals surface area contributed by atoms with Gasteiger partial charge in [-0.25, -0.2) is 17.5 Å². The van der Waals surface area contributed by atoms with Crippen LogP contribution in [0.4, 0.5) is 4.79 Å². The highest BCUT2D eigenvalue weighted by Crippen LogP contribution is 2.43. The van der Waals surface area contributed by atoms with Gasteiger partial charge in [-0.2, -0.15) is 0 Å². The van der Waals surface area contributed by atoms with Crippen LogP contribution in [0, 0.1) is 17.3 Å². The summed E-state index contributed by atoms with van der Waals surface area (Å²) < 4.78 is 30.8. The van der Waals surface area contributed by atoms with Crippen molar-refractivity contribution < 1.29 is 17.9 Å². The molecule has 2 atom stereocenters. The van der Waals surface area contributed by atoms with Crippen LogP contribution in [0.5, 0.6) is 0 Å². The van der Waals surface area contributed by atoms with Gasteiger partial charge in [0.25, 0.3) is 0 Å². The molecule has 0 unspecified atom stereocenters. The summed E-state index contributed by atoms with van der Waals surface area (Å²) >= 11 is 0. The number of hydrogen-bond acceptors (Lipinski definition) is 4. The highest BCUT2D eigenvalue weighted by Gasteiger charge is 2.52. The molecule has 2 heterocycles. The van der Waals surface area contributed by atoms with E-state index in [0.29, 0.717) is 45.2 Å². The maximum atomic E-state index is 12.4. The Morgan fingerprint density at radius 3 is 2.67 bits per heavy atom. The number of methoxy groups -OCH3 is 1. The van der Waals surface area contributed by atoms with E-state index in [0.717, 1.165) is 12.8 Å². The molecule has 0 aliphatic carbocycles. The smallest absolute Gasteiger partial charge is 0.317 e. The van der Waals surface area contributed by atoms with Crippen LogP contribution in [0.1, 0.15) is 26.7 Å². The molecule has 0 radical (unpaired) electrons. The van der Waals surface area contributed by atoms with Crippen LogP contribution in [0.3, 0.4) is 0 Å². The third kappa shape index (κ3) is 4.40. The molecule has 0 spiro atoms. The molecule has 0 aromatic carbocycles. The number of hydrogen-bond donors (Lipinski definition) is 1. The zero-order valence-electron chi connectivity index (χ0n) is 15.2. The number of ether oxygens (including phenoxy) is 1. The summed E-state index contributed by atoms with van der Waals surface area (Å²) in [5.74, 6) is 0.677. The molecule has 7 nitrogen and oxygen atoms in total. The van der Waals surface area contributed by atoms with E-state index < -0.39 is 10.0 Å². The van der Waals surface area contributed by atoms with Crippen LogP contribution in [-0.4, -0.2) is 76.4 Å². The van der Waals surface area contributed by atoms with E-state index in [4.69, 9.17) is 4.74 Å². The minimum atomic E-state index is -3.22. The van der Waals surface area contributed by atoms with Crippen molar-refractivity contribution >= 4 is 16.1 Å². The van der Waals surface area contributed by atoms with Gasteiger partial charge < -0.3 is 15.0 Å². The number of nitrogens with one attached hydrogen (secondary N) is 1. The molecule has 0 saturated carbocycles. The summed E-state index contributed by atoms with van der Waals surface area (Å²) in [6, 6.07) is -0.0422. The monoisotopic (exact) mass is 361 g/mol. The Bertz CT molecular complexity index is 552. The Morgan fingerprint density at radius 1 is 1.38 bits per heavy atom. The third-order valence-electron chi connectivity index (χ3n) is 5.29. The third-order valence-corrected chi connectivity index (χ3v) is 6.50. The summed E-state index contributed by atoms with van der Waals surface area (Å²) in [7, 11) is -1.57. The lowest BCUT2D eigenvalue weighted by atomic mass is 9.73. The first-order valence-electron chi connectivity index (χ1n) is 8.65. The zero-order valence-corrected chi connectivity index (χ0v) is 16.1. The second-order valence-corrected chi connectivity index (χ2v) is 9.64. The summed E-state index contributed by atoms with van der Waals surface area (Å²) in [6.45, 7) is 7.66. The van der Waals surface area contributed by atoms with Crippen molar-refractivity contribution in [2.45, 2.75) is 26.7 Å². The molecule has 0 bridgehead atoms. The number of carbonyl (C=O) groups is 1. The van der Waals surface area contributed by atoms with Crippen LogP contribution in [0.15, 0.2) is 0 Å². The Labute approximate surface area is 145 Å². The average Bonchev–Trinajstić information content (AvgIpc) is 2.85. The number of nitrogens with zero attached hydrogens (tertiary/aromatic N) is 2. The Balaban J connectivity index is 2.01. The van der Waals surface area contributed by atoms with Gasteiger partial charge >= 0.3 is 6.03 Å². The molecular weight excluding hydrogens is 330 g/mol. The molecule has 2 rings (SSSR count). The van der Waals surface area contributed by atoms with Gasteiger partial charge in [0.2, 0.25) is 10.0 Å². The van der Waals surface area contributed by atoms with Gasteiger partial charge in [-0.1, -0.05) is 13.8 Å². The highest BCUT2D eigenvalue weighted by atomic mass is 32.2. The fourth-order valence-corrected chi connectivity index (χ4v) is 4.72. The minimum absolute atomic E-state index is 0.0422. The predicted octanol–water partition coefficient (Wildman–Crippen LogP) is 0.972. The number of rotatable bonds is 6. The Kier molecular flexibility index (Phi) is 6.14. The highest BCUT2D eigenvalue weighted by molar-refractivity contribution is 7.88. The van der Waals surface area contributed by atoms with Crippen molar-refractivity contribution in [3.05, 3.63) is 0 Å². The molecule has 2 fully saturated rings. The molecule has 1 N–H and O–H groups in total. The molecule has 24 heavy (non-hydrogen) atoms. The first-order chi connectivity index (χ1) is 11.2. The second kappa shape index (κ2) is 7.58. The van der Waals surface area contributed by atoms with Crippen molar-refractivity contribution in [2.24, 2.45) is 17.3 Å². The van der Waals surface area contributed by atoms with E-state index in [1.54, 1.807) is 7.11 Å². The van der Waals surface area contributed by atoms with Crippen molar-refractivity contribution in [3.63, 3.8) is 0 Å². The van der Waals surface area contributed by atoms with Crippen LogP contribution in [-0.2, 0) is 14.8 Å². The first-order valence-corrected chi connectivity index (χ1v) is 10.5. The number of urea groups is 1. The normalized spacial score (nSPS) is 28.2. The number of piperidine rings is 1. The SMILES string of the molecule is COC[C@@]12CCN(C(=O)NCCC(C)C)C[C@@H]1CN(S(C)(=O)=O)C2. The van der Waals surface area contributed by atoms with Crippen molar-refractivity contribution in [2.75, 3.05) is 52.7 Å². The van der Waals surface area contributed by atoms with E-state index in [9.17, 15) is 13.2 Å². The van der Waals surface area contributed by atoms with Crippen molar-refractivity contribution in [1.29, 1.82) is 0 Å². The zero-order chi connectivity index (χ0) is 18.0. The summed E-state index contributed by atoms with van der Waals surface area (Å²) in [5.41, 5.74) is -0.174. The fraction of sp³-hybridized carbons (Fsp3) is 0.938. The van der Waals surface area contributed by atoms with Crippen molar-refractivity contribution in [3.8, 4) is 0 Å². The number of amides is 2. The summed E-state index contributed by atoms with van der Waals surface area (Å²) in [6.07, 6.45) is 2.98. The summed E-state index contributed by atoms with van der Waals surface area (Å²) in [4.78, 5) is 14.2. The molecular formula is C16H31N3O4S. The van der Waals surface area contributed by atoms with Gasteiger partial charge in [-0.15, -0.1) is 0 Å². The molecule has 2 amide bonds. The maximum Gasteiger partial charge on any atom is 0.317 e. The van der Waals surface area contributed by atoms with Gasteiger partial charge in [0.15, 0.2) is 0 Å². The molecule has 0 aromatic rings. The van der Waals surface area contributed by atoms with Crippen LogP contribution < -0.4 is 5.32 Å². The molecule has 2 aliphatic rings. The lowest BCUT2D eigenvalue weighted by Crippen LogP contribution is -2.53. The lowest BCUT2D eigenvalue weighted by molar-refractivity contribution is 0.0116. The Hall–Kier alpha value is -0.860. The van der Waals surface area contributed by atoms with Gasteiger partial charge in [0.05, 0.1) is 12.9 Å². The van der Waals surface area contributed by atoms with Gasteiger partial charge in [-0.05, 0) is 24.7 Å². The van der Waals surface area contributed by atoms with E-state index >= 15 is 0 Å². The molecule has 0 aromatic heterocycles.